The molecule has 0 N–H and O–H groups in total. The van der Waals surface area contributed by atoms with Gasteiger partial charge in [-0.1, -0.05) is 31.0 Å². The summed E-state index contributed by atoms with van der Waals surface area (Å²) in [5, 5.41) is 4.70. The van der Waals surface area contributed by atoms with Crippen LogP contribution >= 0.6 is 0 Å². The van der Waals surface area contributed by atoms with Crippen molar-refractivity contribution in [1.29, 1.82) is 0 Å². The van der Waals surface area contributed by atoms with Crippen molar-refractivity contribution in [2.24, 2.45) is 11.8 Å². The number of nitrogens with zero attached hydrogens (tertiary/aromatic N) is 4. The third-order valence-corrected chi connectivity index (χ3v) is 7.38. The normalized spacial score (nSPS) is 19.3. The maximum atomic E-state index is 4.98. The second kappa shape index (κ2) is 7.90. The Morgan fingerprint density at radius 2 is 1.68 bits per heavy atom. The third-order valence-electron chi connectivity index (χ3n) is 7.38. The van der Waals surface area contributed by atoms with Crippen molar-refractivity contribution in [3.05, 3.63) is 59.5 Å². The molecule has 0 spiro atoms. The first kappa shape index (κ1) is 19.2. The van der Waals surface area contributed by atoms with Crippen LogP contribution in [0.2, 0.25) is 0 Å². The number of hydrogen-bond acceptors (Lipinski definition) is 3. The molecule has 1 aliphatic heterocycles. The SMILES string of the molecule is Cc1ccc(-c2cnn(CC3CCCC3)c2)c(-c2ccc3c(c2)CN(CC2CC2)C3)n1. The lowest BCUT2D eigenvalue weighted by molar-refractivity contribution is 0.272. The molecule has 6 rings (SSSR count). The van der Waals surface area contributed by atoms with Crippen LogP contribution in [0.5, 0.6) is 0 Å². The molecular formula is C27H32N4. The van der Waals surface area contributed by atoms with E-state index < -0.39 is 0 Å². The number of aryl methyl sites for hydroxylation is 1. The Hall–Kier alpha value is -2.46. The van der Waals surface area contributed by atoms with Gasteiger partial charge in [-0.15, -0.1) is 0 Å². The van der Waals surface area contributed by atoms with Gasteiger partial charge in [0.2, 0.25) is 0 Å². The van der Waals surface area contributed by atoms with Crippen molar-refractivity contribution in [2.75, 3.05) is 6.54 Å². The van der Waals surface area contributed by atoms with Gasteiger partial charge in [-0.25, -0.2) is 0 Å². The van der Waals surface area contributed by atoms with Crippen LogP contribution in [0, 0.1) is 18.8 Å². The highest BCUT2D eigenvalue weighted by atomic mass is 15.3. The van der Waals surface area contributed by atoms with Gasteiger partial charge in [0.25, 0.3) is 0 Å². The summed E-state index contributed by atoms with van der Waals surface area (Å²) in [4.78, 5) is 7.60. The topological polar surface area (TPSA) is 34.0 Å². The maximum absolute atomic E-state index is 4.98. The molecule has 4 nitrogen and oxygen atoms in total. The second-order valence-electron chi connectivity index (χ2n) is 10.0. The van der Waals surface area contributed by atoms with Gasteiger partial charge in [0, 0.05) is 54.8 Å². The summed E-state index contributed by atoms with van der Waals surface area (Å²) in [6, 6.07) is 11.3. The Balaban J connectivity index is 1.29. The summed E-state index contributed by atoms with van der Waals surface area (Å²) in [6.45, 7) is 6.58. The fourth-order valence-corrected chi connectivity index (χ4v) is 5.48. The molecular weight excluding hydrogens is 380 g/mol. The van der Waals surface area contributed by atoms with Gasteiger partial charge in [-0.3, -0.25) is 14.6 Å². The molecule has 0 bridgehead atoms. The predicted octanol–water partition coefficient (Wildman–Crippen LogP) is 5.84. The molecule has 0 saturated heterocycles. The predicted molar refractivity (Wildman–Crippen MR) is 124 cm³/mol. The summed E-state index contributed by atoms with van der Waals surface area (Å²) in [6.07, 6.45) is 12.5. The number of aromatic nitrogens is 3. The third kappa shape index (κ3) is 4.06. The molecule has 0 atom stereocenters. The van der Waals surface area contributed by atoms with E-state index in [0.717, 1.165) is 42.9 Å². The molecule has 31 heavy (non-hydrogen) atoms. The second-order valence-corrected chi connectivity index (χ2v) is 10.0. The first-order valence-electron chi connectivity index (χ1n) is 12.1. The monoisotopic (exact) mass is 412 g/mol. The molecule has 0 amide bonds. The minimum absolute atomic E-state index is 0.790. The Bertz CT molecular complexity index is 1090. The number of pyridine rings is 1. The summed E-state index contributed by atoms with van der Waals surface area (Å²) in [5.74, 6) is 1.73. The average Bonchev–Trinajstić information content (AvgIpc) is 3.15. The molecule has 2 aromatic heterocycles. The van der Waals surface area contributed by atoms with Crippen LogP contribution in [0.25, 0.3) is 22.4 Å². The van der Waals surface area contributed by atoms with Crippen LogP contribution in [-0.4, -0.2) is 26.2 Å². The highest BCUT2D eigenvalue weighted by molar-refractivity contribution is 5.80. The quantitative estimate of drug-likeness (QED) is 0.510. The van der Waals surface area contributed by atoms with Gasteiger partial charge < -0.3 is 0 Å². The van der Waals surface area contributed by atoms with Gasteiger partial charge in [0.1, 0.15) is 0 Å². The van der Waals surface area contributed by atoms with Crippen LogP contribution in [0.1, 0.15) is 55.3 Å². The van der Waals surface area contributed by atoms with Gasteiger partial charge in [0.15, 0.2) is 0 Å². The molecule has 160 valence electrons. The zero-order valence-electron chi connectivity index (χ0n) is 18.6. The molecule has 2 aliphatic carbocycles. The lowest BCUT2D eigenvalue weighted by Crippen LogP contribution is -2.18. The fraction of sp³-hybridized carbons (Fsp3) is 0.481. The van der Waals surface area contributed by atoms with Crippen molar-refractivity contribution >= 4 is 0 Å². The van der Waals surface area contributed by atoms with Gasteiger partial charge in [0.05, 0.1) is 11.9 Å². The van der Waals surface area contributed by atoms with Crippen LogP contribution in [0.3, 0.4) is 0 Å². The lowest BCUT2D eigenvalue weighted by atomic mass is 9.98. The van der Waals surface area contributed by atoms with Crippen LogP contribution in [-0.2, 0) is 19.6 Å². The van der Waals surface area contributed by atoms with E-state index >= 15 is 0 Å². The number of fused-ring (bicyclic) bond motifs is 1. The van der Waals surface area contributed by atoms with Crippen molar-refractivity contribution in [2.45, 2.75) is 65.1 Å². The van der Waals surface area contributed by atoms with Crippen molar-refractivity contribution in [3.63, 3.8) is 0 Å². The van der Waals surface area contributed by atoms with Crippen molar-refractivity contribution in [1.82, 2.24) is 19.7 Å². The molecule has 1 aromatic carbocycles. The van der Waals surface area contributed by atoms with E-state index in [1.54, 1.807) is 0 Å². The van der Waals surface area contributed by atoms with Crippen LogP contribution in [0.15, 0.2) is 42.7 Å². The maximum Gasteiger partial charge on any atom is 0.0784 e. The minimum atomic E-state index is 0.790. The van der Waals surface area contributed by atoms with E-state index in [1.165, 1.54) is 72.9 Å². The van der Waals surface area contributed by atoms with E-state index in [1.807, 2.05) is 6.20 Å². The molecule has 2 fully saturated rings. The minimum Gasteiger partial charge on any atom is -0.295 e. The molecule has 3 aliphatic rings. The average molecular weight is 413 g/mol. The Labute approximate surface area is 185 Å². The van der Waals surface area contributed by atoms with Crippen molar-refractivity contribution in [3.8, 4) is 22.4 Å². The number of benzene rings is 1. The first-order chi connectivity index (χ1) is 15.2. The Morgan fingerprint density at radius 1 is 0.871 bits per heavy atom. The highest BCUT2D eigenvalue weighted by Gasteiger charge is 2.28. The van der Waals surface area contributed by atoms with E-state index in [0.29, 0.717) is 0 Å². The van der Waals surface area contributed by atoms with Crippen molar-refractivity contribution < 1.29 is 0 Å². The molecule has 0 radical (unpaired) electrons. The molecule has 2 saturated carbocycles. The summed E-state index contributed by atoms with van der Waals surface area (Å²) in [7, 11) is 0. The van der Waals surface area contributed by atoms with Gasteiger partial charge in [-0.05, 0) is 67.7 Å². The van der Waals surface area contributed by atoms with Gasteiger partial charge in [-0.2, -0.15) is 5.10 Å². The van der Waals surface area contributed by atoms with E-state index in [-0.39, 0.29) is 0 Å². The van der Waals surface area contributed by atoms with E-state index in [4.69, 9.17) is 10.1 Å². The molecule has 3 heterocycles. The smallest absolute Gasteiger partial charge is 0.0784 e. The summed E-state index contributed by atoms with van der Waals surface area (Å²) < 4.78 is 2.15. The number of rotatable bonds is 6. The lowest BCUT2D eigenvalue weighted by Gasteiger charge is -2.13. The van der Waals surface area contributed by atoms with E-state index in [9.17, 15) is 0 Å². The molecule has 4 heteroatoms. The van der Waals surface area contributed by atoms with Gasteiger partial charge >= 0.3 is 0 Å². The zero-order chi connectivity index (χ0) is 20.8. The Morgan fingerprint density at radius 3 is 2.52 bits per heavy atom. The molecule has 3 aromatic rings. The summed E-state index contributed by atoms with van der Waals surface area (Å²) >= 11 is 0. The van der Waals surface area contributed by atoms with E-state index in [2.05, 4.69) is 53.0 Å². The van der Waals surface area contributed by atoms with Crippen LogP contribution < -0.4 is 0 Å². The largest absolute Gasteiger partial charge is 0.295 e. The highest BCUT2D eigenvalue weighted by Crippen LogP contribution is 2.36. The Kier molecular flexibility index (Phi) is 4.91. The number of hydrogen-bond donors (Lipinski definition) is 0. The standard InChI is InChI=1S/C27H32N4/c1-19-6-11-26(25-13-28-31(18-25)15-20-4-2-3-5-20)27(29-19)22-9-10-23-16-30(14-21-7-8-21)17-24(23)12-22/h6,9-13,18,20-21H,2-5,7-8,14-17H2,1H3. The zero-order valence-corrected chi connectivity index (χ0v) is 18.6. The first-order valence-corrected chi connectivity index (χ1v) is 12.1. The molecule has 0 unspecified atom stereocenters. The fourth-order valence-electron chi connectivity index (χ4n) is 5.48. The van der Waals surface area contributed by atoms with Crippen LogP contribution in [0.4, 0.5) is 0 Å². The summed E-state index contributed by atoms with van der Waals surface area (Å²) in [5.41, 5.74) is 8.71.